The maximum absolute atomic E-state index is 12.3. The average Bonchev–Trinajstić information content (AvgIpc) is 2.81. The summed E-state index contributed by atoms with van der Waals surface area (Å²) in [4.78, 5) is 0. The summed E-state index contributed by atoms with van der Waals surface area (Å²) < 4.78 is 7.75. The summed E-state index contributed by atoms with van der Waals surface area (Å²) in [6.45, 7) is 11.2. The minimum absolute atomic E-state index is 0.0805. The van der Waals surface area contributed by atoms with E-state index in [1.807, 2.05) is 40.8 Å². The van der Waals surface area contributed by atoms with Gasteiger partial charge in [0.15, 0.2) is 0 Å². The summed E-state index contributed by atoms with van der Waals surface area (Å²) in [5.74, 6) is 0. The van der Waals surface area contributed by atoms with Gasteiger partial charge in [0.05, 0.1) is 18.9 Å². The summed E-state index contributed by atoms with van der Waals surface area (Å²) in [7, 11) is 0. The molecule has 6 nitrogen and oxygen atoms in total. The normalized spacial score (nSPS) is 23.1. The van der Waals surface area contributed by atoms with E-state index in [0.29, 0.717) is 6.61 Å². The molecule has 0 atom stereocenters. The van der Waals surface area contributed by atoms with E-state index in [1.54, 1.807) is 4.68 Å². The lowest BCUT2D eigenvalue weighted by atomic mass is 9.80. The van der Waals surface area contributed by atoms with Crippen molar-refractivity contribution in [1.29, 1.82) is 0 Å². The molecule has 1 aromatic rings. The van der Waals surface area contributed by atoms with Crippen LogP contribution >= 0.6 is 0 Å². The largest absolute Gasteiger partial charge is 0.372 e. The van der Waals surface area contributed by atoms with Crippen molar-refractivity contribution < 1.29 is 9.94 Å². The van der Waals surface area contributed by atoms with E-state index >= 15 is 0 Å². The lowest BCUT2D eigenvalue weighted by Crippen LogP contribution is -2.59. The van der Waals surface area contributed by atoms with Crippen molar-refractivity contribution in [2.75, 3.05) is 0 Å². The van der Waals surface area contributed by atoms with Gasteiger partial charge in [0.25, 0.3) is 0 Å². The van der Waals surface area contributed by atoms with Crippen LogP contribution in [0, 0.1) is 0 Å². The molecule has 1 aromatic heterocycles. The van der Waals surface area contributed by atoms with E-state index in [4.69, 9.17) is 4.74 Å². The van der Waals surface area contributed by atoms with Gasteiger partial charge < -0.3 is 4.74 Å². The molecule has 0 spiro atoms. The first-order valence-corrected chi connectivity index (χ1v) is 7.23. The fourth-order valence-electron chi connectivity index (χ4n) is 3.05. The van der Waals surface area contributed by atoms with Gasteiger partial charge in [-0.3, -0.25) is 4.68 Å². The molecule has 1 aliphatic rings. The van der Waals surface area contributed by atoms with E-state index in [9.17, 15) is 5.21 Å². The highest BCUT2D eigenvalue weighted by molar-refractivity contribution is 4.97. The van der Waals surface area contributed by atoms with Crippen LogP contribution in [0.1, 0.15) is 53.2 Å². The van der Waals surface area contributed by atoms with E-state index in [2.05, 4.69) is 10.3 Å². The van der Waals surface area contributed by atoms with Gasteiger partial charge in [0.2, 0.25) is 0 Å². The van der Waals surface area contributed by atoms with Gasteiger partial charge >= 0.3 is 0 Å². The third-order valence-corrected chi connectivity index (χ3v) is 3.93. The van der Waals surface area contributed by atoms with Crippen LogP contribution in [0.25, 0.3) is 0 Å². The highest BCUT2D eigenvalue weighted by Crippen LogP contribution is 2.38. The SMILES string of the molecule is CCn1cc(COC2CC(C)(C)N([O])C(C)(C)C2)nn1. The summed E-state index contributed by atoms with van der Waals surface area (Å²) in [6, 6.07) is 0. The van der Waals surface area contributed by atoms with Crippen LogP contribution in [-0.4, -0.2) is 37.2 Å². The Balaban J connectivity index is 1.96. The number of aromatic nitrogens is 3. The van der Waals surface area contributed by atoms with Crippen LogP contribution in [0.15, 0.2) is 6.20 Å². The van der Waals surface area contributed by atoms with Gasteiger partial charge in [0, 0.05) is 17.6 Å². The molecule has 0 amide bonds. The molecule has 0 aliphatic carbocycles. The topological polar surface area (TPSA) is 63.1 Å². The lowest BCUT2D eigenvalue weighted by Gasteiger charge is -2.49. The summed E-state index contributed by atoms with van der Waals surface area (Å²) in [6.07, 6.45) is 3.46. The second-order valence-corrected chi connectivity index (χ2v) is 6.83. The Hall–Kier alpha value is -0.980. The van der Waals surface area contributed by atoms with Crippen molar-refractivity contribution in [2.24, 2.45) is 0 Å². The van der Waals surface area contributed by atoms with Crippen molar-refractivity contribution in [3.8, 4) is 0 Å². The van der Waals surface area contributed by atoms with Crippen molar-refractivity contribution in [3.05, 3.63) is 11.9 Å². The summed E-state index contributed by atoms with van der Waals surface area (Å²) in [5.41, 5.74) is 0.0490. The quantitative estimate of drug-likeness (QED) is 0.848. The number of piperidine rings is 1. The Morgan fingerprint density at radius 1 is 1.30 bits per heavy atom. The standard InChI is InChI=1S/C14H25N4O2/c1-6-17-9-11(15-16-17)10-20-12-7-13(2,3)18(19)14(4,5)8-12/h9,12H,6-8,10H2,1-5H3. The van der Waals surface area contributed by atoms with Gasteiger partial charge in [-0.15, -0.1) is 15.4 Å². The monoisotopic (exact) mass is 281 g/mol. The Labute approximate surface area is 120 Å². The van der Waals surface area contributed by atoms with Crippen molar-refractivity contribution in [1.82, 2.24) is 20.1 Å². The third kappa shape index (κ3) is 3.19. The molecule has 2 heterocycles. The van der Waals surface area contributed by atoms with Crippen LogP contribution in [-0.2, 0) is 23.1 Å². The highest BCUT2D eigenvalue weighted by atomic mass is 16.5. The van der Waals surface area contributed by atoms with Crippen molar-refractivity contribution >= 4 is 0 Å². The zero-order chi connectivity index (χ0) is 15.0. The number of hydroxylamine groups is 2. The molecule has 0 N–H and O–H groups in total. The Morgan fingerprint density at radius 2 is 1.90 bits per heavy atom. The van der Waals surface area contributed by atoms with Crippen molar-refractivity contribution in [3.63, 3.8) is 0 Å². The first-order chi connectivity index (χ1) is 9.24. The maximum Gasteiger partial charge on any atom is 0.108 e. The molecule has 1 aliphatic heterocycles. The first-order valence-electron chi connectivity index (χ1n) is 7.23. The Morgan fingerprint density at radius 3 is 2.40 bits per heavy atom. The fourth-order valence-corrected chi connectivity index (χ4v) is 3.05. The Kier molecular flexibility index (Phi) is 4.18. The number of hydrogen-bond donors (Lipinski definition) is 0. The van der Waals surface area contributed by atoms with Crippen LogP contribution in [0.5, 0.6) is 0 Å². The van der Waals surface area contributed by atoms with E-state index in [0.717, 1.165) is 25.1 Å². The average molecular weight is 281 g/mol. The maximum atomic E-state index is 12.3. The van der Waals surface area contributed by atoms with Crippen molar-refractivity contribution in [2.45, 2.75) is 77.8 Å². The van der Waals surface area contributed by atoms with Gasteiger partial charge in [-0.05, 0) is 47.5 Å². The zero-order valence-corrected chi connectivity index (χ0v) is 13.1. The second-order valence-electron chi connectivity index (χ2n) is 6.83. The van der Waals surface area contributed by atoms with Gasteiger partial charge in [-0.2, -0.15) is 0 Å². The third-order valence-electron chi connectivity index (χ3n) is 3.93. The molecule has 20 heavy (non-hydrogen) atoms. The number of aryl methyl sites for hydroxylation is 1. The minimum Gasteiger partial charge on any atom is -0.372 e. The fraction of sp³-hybridized carbons (Fsp3) is 0.857. The zero-order valence-electron chi connectivity index (χ0n) is 13.1. The molecule has 113 valence electrons. The van der Waals surface area contributed by atoms with Gasteiger partial charge in [-0.1, -0.05) is 5.21 Å². The molecule has 0 saturated carbocycles. The molecular weight excluding hydrogens is 256 g/mol. The molecule has 1 radical (unpaired) electrons. The van der Waals surface area contributed by atoms with Crippen LogP contribution in [0.3, 0.4) is 0 Å². The van der Waals surface area contributed by atoms with E-state index < -0.39 is 11.1 Å². The van der Waals surface area contributed by atoms with E-state index in [-0.39, 0.29) is 6.10 Å². The molecular formula is C14H25N4O2. The smallest absolute Gasteiger partial charge is 0.108 e. The molecule has 6 heteroatoms. The van der Waals surface area contributed by atoms with Crippen LogP contribution in [0.2, 0.25) is 0 Å². The highest BCUT2D eigenvalue weighted by Gasteiger charge is 2.46. The summed E-state index contributed by atoms with van der Waals surface area (Å²) >= 11 is 0. The number of ether oxygens (including phenoxy) is 1. The Bertz CT molecular complexity index is 438. The second kappa shape index (κ2) is 5.42. The molecule has 0 aromatic carbocycles. The summed E-state index contributed by atoms with van der Waals surface area (Å²) in [5, 5.41) is 21.6. The minimum atomic E-state index is -0.395. The molecule has 1 saturated heterocycles. The first kappa shape index (κ1) is 15.4. The molecule has 1 fully saturated rings. The number of rotatable bonds is 4. The van der Waals surface area contributed by atoms with Crippen LogP contribution < -0.4 is 0 Å². The number of hydrogen-bond acceptors (Lipinski definition) is 4. The van der Waals surface area contributed by atoms with Gasteiger partial charge in [-0.25, -0.2) is 0 Å². The van der Waals surface area contributed by atoms with E-state index in [1.165, 1.54) is 5.06 Å². The number of nitrogens with zero attached hydrogens (tertiary/aromatic N) is 4. The molecule has 2 rings (SSSR count). The lowest BCUT2D eigenvalue weighted by molar-refractivity contribution is -0.301. The molecule has 0 bridgehead atoms. The predicted octanol–water partition coefficient (Wildman–Crippen LogP) is 2.18. The predicted molar refractivity (Wildman–Crippen MR) is 74.2 cm³/mol. The molecule has 0 unspecified atom stereocenters. The van der Waals surface area contributed by atoms with Crippen LogP contribution in [0.4, 0.5) is 0 Å². The van der Waals surface area contributed by atoms with Gasteiger partial charge in [0.1, 0.15) is 5.69 Å².